The first-order valence-corrected chi connectivity index (χ1v) is 9.32. The number of hydrogen-bond donors (Lipinski definition) is 2. The molecule has 2 aliphatic heterocycles. The second-order valence-electron chi connectivity index (χ2n) is 5.99. The Hall–Kier alpha value is -1.41. The monoisotopic (exact) mass is 353 g/mol. The summed E-state index contributed by atoms with van der Waals surface area (Å²) in [4.78, 5) is 0.193. The lowest BCUT2D eigenvalue weighted by Crippen LogP contribution is -2.51. The van der Waals surface area contributed by atoms with Crippen LogP contribution in [0.5, 0.6) is 0 Å². The first-order valence-electron chi connectivity index (χ1n) is 7.50. The Morgan fingerprint density at radius 2 is 2.00 bits per heavy atom. The number of piperidine rings is 1. The van der Waals surface area contributed by atoms with Gasteiger partial charge in [-0.25, -0.2) is 8.42 Å². The van der Waals surface area contributed by atoms with Crippen LogP contribution in [-0.4, -0.2) is 34.1 Å². The third-order valence-corrected chi connectivity index (χ3v) is 6.92. The number of rotatable bonds is 2. The predicted octanol–water partition coefficient (Wildman–Crippen LogP) is 2.39. The quantitative estimate of drug-likeness (QED) is 0.868. The first kappa shape index (κ1) is 15.1. The van der Waals surface area contributed by atoms with Gasteiger partial charge in [0.05, 0.1) is 28.9 Å². The minimum absolute atomic E-state index is 0.193. The van der Waals surface area contributed by atoms with Crippen LogP contribution in [0, 0.1) is 0 Å². The largest absolute Gasteiger partial charge is 0.385 e. The number of aromatic nitrogens is 2. The first-order chi connectivity index (χ1) is 11.0. The van der Waals surface area contributed by atoms with Crippen molar-refractivity contribution in [3.05, 3.63) is 46.7 Å². The zero-order chi connectivity index (χ0) is 16.2. The van der Waals surface area contributed by atoms with E-state index in [1.54, 1.807) is 18.3 Å². The van der Waals surface area contributed by atoms with Gasteiger partial charge in [-0.2, -0.15) is 9.40 Å². The SMILES string of the molecule is O=S(=O)(c1ccc(Cl)cc1)N1C2CCC[C@@H]1C(O)c1[nH]ncc12. The summed E-state index contributed by atoms with van der Waals surface area (Å²) in [5.74, 6) is 0. The number of nitrogens with one attached hydrogen (secondary N) is 1. The fraction of sp³-hybridized carbons (Fsp3) is 0.400. The van der Waals surface area contributed by atoms with Crippen molar-refractivity contribution in [2.75, 3.05) is 0 Å². The Balaban J connectivity index is 1.84. The zero-order valence-electron chi connectivity index (χ0n) is 12.2. The maximum atomic E-state index is 13.1. The van der Waals surface area contributed by atoms with Gasteiger partial charge in [0.15, 0.2) is 0 Å². The Labute approximate surface area is 139 Å². The fourth-order valence-corrected chi connectivity index (χ4v) is 5.65. The van der Waals surface area contributed by atoms with Gasteiger partial charge in [0.1, 0.15) is 6.10 Å². The maximum absolute atomic E-state index is 13.1. The molecular formula is C15H16ClN3O3S. The van der Waals surface area contributed by atoms with Crippen molar-refractivity contribution in [2.24, 2.45) is 0 Å². The molecule has 2 N–H and O–H groups in total. The molecule has 0 spiro atoms. The van der Waals surface area contributed by atoms with E-state index in [0.717, 1.165) is 18.4 Å². The second kappa shape index (κ2) is 5.31. The highest BCUT2D eigenvalue weighted by atomic mass is 35.5. The third kappa shape index (κ3) is 2.22. The van der Waals surface area contributed by atoms with Crippen LogP contribution in [0.4, 0.5) is 0 Å². The van der Waals surface area contributed by atoms with Gasteiger partial charge < -0.3 is 5.11 Å². The van der Waals surface area contributed by atoms with Gasteiger partial charge in [0, 0.05) is 10.6 Å². The number of nitrogens with zero attached hydrogens (tertiary/aromatic N) is 2. The van der Waals surface area contributed by atoms with Crippen molar-refractivity contribution in [2.45, 2.75) is 42.3 Å². The number of benzene rings is 1. The lowest BCUT2D eigenvalue weighted by Gasteiger charge is -2.46. The summed E-state index contributed by atoms with van der Waals surface area (Å²) >= 11 is 5.86. The van der Waals surface area contributed by atoms with Crippen molar-refractivity contribution < 1.29 is 13.5 Å². The van der Waals surface area contributed by atoms with Gasteiger partial charge in [0.2, 0.25) is 10.0 Å². The standard InChI is InChI=1S/C15H16ClN3O3S/c16-9-4-6-10(7-5-9)23(21,22)19-12-2-1-3-13(19)15(20)14-11(12)8-17-18-14/h4-8,12-13,15,20H,1-3H2,(H,17,18)/t12?,13-,15?/m1/s1. The average molecular weight is 354 g/mol. The summed E-state index contributed by atoms with van der Waals surface area (Å²) in [5, 5.41) is 17.9. The summed E-state index contributed by atoms with van der Waals surface area (Å²) in [6.45, 7) is 0. The average Bonchev–Trinajstić information content (AvgIpc) is 3.02. The Morgan fingerprint density at radius 3 is 2.74 bits per heavy atom. The molecule has 2 aliphatic rings. The summed E-state index contributed by atoms with van der Waals surface area (Å²) in [5.41, 5.74) is 1.41. The number of sulfonamides is 1. The zero-order valence-corrected chi connectivity index (χ0v) is 13.8. The summed E-state index contributed by atoms with van der Waals surface area (Å²) in [6, 6.07) is 5.38. The van der Waals surface area contributed by atoms with E-state index < -0.39 is 22.2 Å². The van der Waals surface area contributed by atoms with Gasteiger partial charge in [-0.1, -0.05) is 11.6 Å². The molecule has 6 nitrogen and oxygen atoms in total. The summed E-state index contributed by atoms with van der Waals surface area (Å²) < 4.78 is 27.7. The third-order valence-electron chi connectivity index (χ3n) is 4.72. The Morgan fingerprint density at radius 1 is 1.26 bits per heavy atom. The van der Waals surface area contributed by atoms with Crippen LogP contribution in [-0.2, 0) is 10.0 Å². The van der Waals surface area contributed by atoms with Crippen molar-refractivity contribution in [3.63, 3.8) is 0 Å². The van der Waals surface area contributed by atoms with Gasteiger partial charge in [-0.3, -0.25) is 5.10 Å². The fourth-order valence-electron chi connectivity index (χ4n) is 3.67. The van der Waals surface area contributed by atoms with Crippen LogP contribution >= 0.6 is 11.6 Å². The molecule has 2 unspecified atom stereocenters. The smallest absolute Gasteiger partial charge is 0.243 e. The van der Waals surface area contributed by atoms with E-state index >= 15 is 0 Å². The van der Waals surface area contributed by atoms with Crippen LogP contribution in [0.1, 0.15) is 42.7 Å². The van der Waals surface area contributed by atoms with Crippen molar-refractivity contribution in [1.29, 1.82) is 0 Å². The van der Waals surface area contributed by atoms with Crippen LogP contribution in [0.2, 0.25) is 5.02 Å². The number of aliphatic hydroxyl groups excluding tert-OH is 1. The number of aliphatic hydroxyl groups is 1. The van der Waals surface area contributed by atoms with Crippen LogP contribution in [0.15, 0.2) is 35.4 Å². The highest BCUT2D eigenvalue weighted by molar-refractivity contribution is 7.89. The number of hydrogen-bond acceptors (Lipinski definition) is 4. The van der Waals surface area contributed by atoms with Crippen molar-refractivity contribution in [1.82, 2.24) is 14.5 Å². The molecule has 2 aromatic rings. The van der Waals surface area contributed by atoms with Gasteiger partial charge >= 0.3 is 0 Å². The van der Waals surface area contributed by atoms with E-state index in [0.29, 0.717) is 17.1 Å². The molecular weight excluding hydrogens is 338 g/mol. The van der Waals surface area contributed by atoms with Gasteiger partial charge in [-0.15, -0.1) is 0 Å². The second-order valence-corrected chi connectivity index (χ2v) is 8.27. The molecule has 3 heterocycles. The number of H-pyrrole nitrogens is 1. The van der Waals surface area contributed by atoms with Gasteiger partial charge in [0.25, 0.3) is 0 Å². The molecule has 8 heteroatoms. The van der Waals surface area contributed by atoms with E-state index in [1.807, 2.05) is 0 Å². The molecule has 4 rings (SSSR count). The molecule has 0 aliphatic carbocycles. The van der Waals surface area contributed by atoms with E-state index in [-0.39, 0.29) is 10.9 Å². The molecule has 23 heavy (non-hydrogen) atoms. The number of fused-ring (bicyclic) bond motifs is 4. The Kier molecular flexibility index (Phi) is 3.49. The van der Waals surface area contributed by atoms with Gasteiger partial charge in [-0.05, 0) is 43.5 Å². The van der Waals surface area contributed by atoms with E-state index in [1.165, 1.54) is 16.4 Å². The van der Waals surface area contributed by atoms with E-state index in [2.05, 4.69) is 10.2 Å². The molecule has 1 aromatic heterocycles. The molecule has 1 fully saturated rings. The highest BCUT2D eigenvalue weighted by Crippen LogP contribution is 2.48. The Bertz CT molecular complexity index is 834. The highest BCUT2D eigenvalue weighted by Gasteiger charge is 2.49. The number of aromatic amines is 1. The van der Waals surface area contributed by atoms with Crippen LogP contribution < -0.4 is 0 Å². The normalized spacial score (nSPS) is 27.7. The molecule has 2 bridgehead atoms. The van der Waals surface area contributed by atoms with Crippen LogP contribution in [0.25, 0.3) is 0 Å². The molecule has 122 valence electrons. The van der Waals surface area contributed by atoms with E-state index in [4.69, 9.17) is 11.6 Å². The topological polar surface area (TPSA) is 86.3 Å². The molecule has 1 aromatic carbocycles. The molecule has 0 radical (unpaired) electrons. The lowest BCUT2D eigenvalue weighted by molar-refractivity contribution is 0.0244. The number of halogens is 1. The van der Waals surface area contributed by atoms with Crippen molar-refractivity contribution >= 4 is 21.6 Å². The molecule has 0 saturated carbocycles. The minimum Gasteiger partial charge on any atom is -0.385 e. The molecule has 3 atom stereocenters. The molecule has 0 amide bonds. The minimum atomic E-state index is -3.72. The summed E-state index contributed by atoms with van der Waals surface area (Å²) in [6.07, 6.45) is 2.97. The van der Waals surface area contributed by atoms with Crippen molar-refractivity contribution in [3.8, 4) is 0 Å². The summed E-state index contributed by atoms with van der Waals surface area (Å²) in [7, 11) is -3.72. The predicted molar refractivity (Wildman–Crippen MR) is 84.4 cm³/mol. The van der Waals surface area contributed by atoms with Crippen LogP contribution in [0.3, 0.4) is 0 Å². The van der Waals surface area contributed by atoms with E-state index in [9.17, 15) is 13.5 Å². The maximum Gasteiger partial charge on any atom is 0.243 e. The lowest BCUT2D eigenvalue weighted by atomic mass is 9.84. The molecule has 1 saturated heterocycles.